The molecule has 1 atom stereocenters. The second-order valence-corrected chi connectivity index (χ2v) is 6.48. The van der Waals surface area contributed by atoms with Gasteiger partial charge in [-0.25, -0.2) is 4.98 Å². The highest BCUT2D eigenvalue weighted by Crippen LogP contribution is 2.35. The van der Waals surface area contributed by atoms with Crippen molar-refractivity contribution in [3.05, 3.63) is 18.3 Å². The van der Waals surface area contributed by atoms with Crippen molar-refractivity contribution in [3.8, 4) is 5.88 Å². The summed E-state index contributed by atoms with van der Waals surface area (Å²) >= 11 is 2.03. The highest BCUT2D eigenvalue weighted by atomic mass is 32.2. The predicted octanol–water partition coefficient (Wildman–Crippen LogP) is 3.42. The highest BCUT2D eigenvalue weighted by Gasteiger charge is 2.32. The summed E-state index contributed by atoms with van der Waals surface area (Å²) in [5, 5.41) is 3.60. The second kappa shape index (κ2) is 5.83. The largest absolute Gasteiger partial charge is 0.478 e. The van der Waals surface area contributed by atoms with Gasteiger partial charge in [0.05, 0.1) is 18.5 Å². The van der Waals surface area contributed by atoms with Crippen LogP contribution in [-0.2, 0) is 0 Å². The van der Waals surface area contributed by atoms with Crippen LogP contribution in [0.25, 0.3) is 0 Å². The van der Waals surface area contributed by atoms with Crippen LogP contribution in [0.3, 0.4) is 0 Å². The van der Waals surface area contributed by atoms with Crippen LogP contribution in [-0.4, -0.2) is 29.1 Å². The molecule has 0 aromatic carbocycles. The monoisotopic (exact) mass is 266 g/mol. The van der Waals surface area contributed by atoms with E-state index >= 15 is 0 Å². The van der Waals surface area contributed by atoms with E-state index in [2.05, 4.69) is 24.1 Å². The van der Waals surface area contributed by atoms with Gasteiger partial charge >= 0.3 is 0 Å². The van der Waals surface area contributed by atoms with Crippen molar-refractivity contribution < 1.29 is 4.74 Å². The molecule has 1 saturated heterocycles. The van der Waals surface area contributed by atoms with E-state index in [1.165, 1.54) is 17.9 Å². The SMILES string of the molecule is CCOc1ccc(NC2CSCCC2(C)C)cn1. The first-order valence-electron chi connectivity index (χ1n) is 6.55. The van der Waals surface area contributed by atoms with Gasteiger partial charge < -0.3 is 10.1 Å². The zero-order valence-corrected chi connectivity index (χ0v) is 12.2. The Bertz CT molecular complexity index is 378. The van der Waals surface area contributed by atoms with Crippen molar-refractivity contribution in [2.75, 3.05) is 23.4 Å². The van der Waals surface area contributed by atoms with Crippen molar-refractivity contribution in [3.63, 3.8) is 0 Å². The van der Waals surface area contributed by atoms with E-state index in [-0.39, 0.29) is 0 Å². The van der Waals surface area contributed by atoms with Gasteiger partial charge in [-0.1, -0.05) is 13.8 Å². The zero-order valence-electron chi connectivity index (χ0n) is 11.4. The molecule has 2 rings (SSSR count). The Labute approximate surface area is 114 Å². The average molecular weight is 266 g/mol. The molecular weight excluding hydrogens is 244 g/mol. The molecule has 0 aliphatic carbocycles. The minimum Gasteiger partial charge on any atom is -0.478 e. The van der Waals surface area contributed by atoms with E-state index in [1.54, 1.807) is 0 Å². The fraction of sp³-hybridized carbons (Fsp3) is 0.643. The number of hydrogen-bond acceptors (Lipinski definition) is 4. The number of nitrogens with zero attached hydrogens (tertiary/aromatic N) is 1. The van der Waals surface area contributed by atoms with E-state index in [1.807, 2.05) is 37.0 Å². The van der Waals surface area contributed by atoms with E-state index < -0.39 is 0 Å². The van der Waals surface area contributed by atoms with Crippen molar-refractivity contribution in [1.82, 2.24) is 4.98 Å². The third kappa shape index (κ3) is 3.31. The van der Waals surface area contributed by atoms with Crippen LogP contribution in [0.1, 0.15) is 27.2 Å². The van der Waals surface area contributed by atoms with Gasteiger partial charge in [-0.05, 0) is 30.6 Å². The molecule has 1 aliphatic heterocycles. The summed E-state index contributed by atoms with van der Waals surface area (Å²) in [4.78, 5) is 4.29. The van der Waals surface area contributed by atoms with E-state index in [0.29, 0.717) is 23.9 Å². The predicted molar refractivity (Wildman–Crippen MR) is 78.5 cm³/mol. The number of pyridine rings is 1. The first kappa shape index (κ1) is 13.5. The number of anilines is 1. The van der Waals surface area contributed by atoms with Crippen LogP contribution in [0, 0.1) is 5.41 Å². The van der Waals surface area contributed by atoms with Crippen LogP contribution < -0.4 is 10.1 Å². The van der Waals surface area contributed by atoms with Gasteiger partial charge in [-0.3, -0.25) is 0 Å². The minimum absolute atomic E-state index is 0.351. The van der Waals surface area contributed by atoms with Crippen LogP contribution in [0.4, 0.5) is 5.69 Å². The van der Waals surface area contributed by atoms with Crippen molar-refractivity contribution >= 4 is 17.4 Å². The molecule has 0 spiro atoms. The molecule has 0 saturated carbocycles. The summed E-state index contributed by atoms with van der Waals surface area (Å²) < 4.78 is 5.35. The summed E-state index contributed by atoms with van der Waals surface area (Å²) in [6.45, 7) is 7.31. The maximum absolute atomic E-state index is 5.35. The molecule has 18 heavy (non-hydrogen) atoms. The Morgan fingerprint density at radius 2 is 2.33 bits per heavy atom. The third-order valence-electron chi connectivity index (χ3n) is 3.49. The molecule has 4 heteroatoms. The molecular formula is C14H22N2OS. The lowest BCUT2D eigenvalue weighted by Gasteiger charge is -2.39. The Morgan fingerprint density at radius 1 is 1.50 bits per heavy atom. The van der Waals surface area contributed by atoms with Crippen molar-refractivity contribution in [2.24, 2.45) is 5.41 Å². The van der Waals surface area contributed by atoms with Gasteiger partial charge in [0.15, 0.2) is 0 Å². The molecule has 0 radical (unpaired) electrons. The number of ether oxygens (including phenoxy) is 1. The van der Waals surface area contributed by atoms with Crippen LogP contribution >= 0.6 is 11.8 Å². The molecule has 1 unspecified atom stereocenters. The molecule has 100 valence electrons. The summed E-state index contributed by atoms with van der Waals surface area (Å²) in [7, 11) is 0. The Hall–Kier alpha value is -0.900. The summed E-state index contributed by atoms with van der Waals surface area (Å²) in [5.74, 6) is 3.13. The van der Waals surface area contributed by atoms with Gasteiger partial charge in [-0.15, -0.1) is 0 Å². The molecule has 1 aliphatic rings. The number of hydrogen-bond donors (Lipinski definition) is 1. The second-order valence-electron chi connectivity index (χ2n) is 5.33. The zero-order chi connectivity index (χ0) is 13.0. The maximum atomic E-state index is 5.35. The molecule has 3 nitrogen and oxygen atoms in total. The van der Waals surface area contributed by atoms with E-state index in [4.69, 9.17) is 4.74 Å². The van der Waals surface area contributed by atoms with Gasteiger partial charge in [0.25, 0.3) is 0 Å². The van der Waals surface area contributed by atoms with Gasteiger partial charge in [0.1, 0.15) is 0 Å². The molecule has 2 heterocycles. The van der Waals surface area contributed by atoms with E-state index in [0.717, 1.165) is 5.69 Å². The average Bonchev–Trinajstić information content (AvgIpc) is 2.34. The Morgan fingerprint density at radius 3 is 2.94 bits per heavy atom. The number of thioether (sulfide) groups is 1. The summed E-state index contributed by atoms with van der Waals surface area (Å²) in [6.07, 6.45) is 3.13. The van der Waals surface area contributed by atoms with Crippen LogP contribution in [0.15, 0.2) is 18.3 Å². The molecule has 1 aromatic heterocycles. The number of nitrogens with one attached hydrogen (secondary N) is 1. The lowest BCUT2D eigenvalue weighted by Crippen LogP contribution is -2.41. The number of rotatable bonds is 4. The molecule has 1 N–H and O–H groups in total. The summed E-state index contributed by atoms with van der Waals surface area (Å²) in [6, 6.07) is 4.48. The summed E-state index contributed by atoms with van der Waals surface area (Å²) in [5.41, 5.74) is 1.43. The van der Waals surface area contributed by atoms with Crippen molar-refractivity contribution in [2.45, 2.75) is 33.2 Å². The first-order chi connectivity index (χ1) is 8.62. The number of aromatic nitrogens is 1. The smallest absolute Gasteiger partial charge is 0.213 e. The van der Waals surface area contributed by atoms with Crippen molar-refractivity contribution in [1.29, 1.82) is 0 Å². The third-order valence-corrected chi connectivity index (χ3v) is 4.55. The van der Waals surface area contributed by atoms with Crippen LogP contribution in [0.2, 0.25) is 0 Å². The highest BCUT2D eigenvalue weighted by molar-refractivity contribution is 7.99. The van der Waals surface area contributed by atoms with Gasteiger partial charge in [-0.2, -0.15) is 11.8 Å². The van der Waals surface area contributed by atoms with Gasteiger partial charge in [0.2, 0.25) is 5.88 Å². The lowest BCUT2D eigenvalue weighted by atomic mass is 9.82. The lowest BCUT2D eigenvalue weighted by molar-refractivity contribution is 0.305. The standard InChI is InChI=1S/C14H22N2OS/c1-4-17-13-6-5-11(9-15-13)16-12-10-18-8-7-14(12,2)3/h5-6,9,12,16H,4,7-8,10H2,1-3H3. The molecule has 0 bridgehead atoms. The van der Waals surface area contributed by atoms with Crippen LogP contribution in [0.5, 0.6) is 5.88 Å². The normalized spacial score (nSPS) is 22.5. The molecule has 1 aromatic rings. The van der Waals surface area contributed by atoms with Gasteiger partial charge in [0, 0.05) is 17.9 Å². The minimum atomic E-state index is 0.351. The Balaban J connectivity index is 1.99. The van der Waals surface area contributed by atoms with E-state index in [9.17, 15) is 0 Å². The topological polar surface area (TPSA) is 34.1 Å². The fourth-order valence-corrected chi connectivity index (χ4v) is 3.68. The molecule has 1 fully saturated rings. The molecule has 0 amide bonds. The quantitative estimate of drug-likeness (QED) is 0.905. The Kier molecular flexibility index (Phi) is 4.38. The maximum Gasteiger partial charge on any atom is 0.213 e. The first-order valence-corrected chi connectivity index (χ1v) is 7.70. The fourth-order valence-electron chi connectivity index (χ4n) is 2.07.